The maximum Gasteiger partial charge on any atom is 0.407 e. The molecule has 8 nitrogen and oxygen atoms in total. The molecule has 0 aromatic heterocycles. The standard InChI is InChI=1S/C20H38N4O4/c1-15-11-23(15)13-17(3)27-19(25)21-9-7-5-6-8-10-22-20(26)28-18(4)14-24-12-16(24)2/h15-18H,5-14H2,1-4H3,(H,21,25)(H,22,26). The second-order valence-electron chi connectivity index (χ2n) is 8.31. The lowest BCUT2D eigenvalue weighted by Gasteiger charge is -2.15. The molecule has 0 bridgehead atoms. The van der Waals surface area contributed by atoms with E-state index in [0.717, 1.165) is 51.9 Å². The van der Waals surface area contributed by atoms with Crippen LogP contribution in [0.25, 0.3) is 0 Å². The number of carbonyl (C=O) groups is 2. The predicted molar refractivity (Wildman–Crippen MR) is 108 cm³/mol. The van der Waals surface area contributed by atoms with Crippen LogP contribution in [0.2, 0.25) is 0 Å². The fourth-order valence-electron chi connectivity index (χ4n) is 3.26. The van der Waals surface area contributed by atoms with Gasteiger partial charge in [-0.25, -0.2) is 9.59 Å². The van der Waals surface area contributed by atoms with Crippen molar-refractivity contribution in [1.82, 2.24) is 20.4 Å². The molecule has 2 heterocycles. The Balaban J connectivity index is 1.35. The first-order chi connectivity index (χ1) is 13.3. The molecule has 8 heteroatoms. The first-order valence-corrected chi connectivity index (χ1v) is 10.7. The number of rotatable bonds is 13. The highest BCUT2D eigenvalue weighted by Crippen LogP contribution is 2.17. The van der Waals surface area contributed by atoms with Crippen molar-refractivity contribution in [1.29, 1.82) is 0 Å². The molecule has 0 spiro atoms. The Kier molecular flexibility index (Phi) is 9.31. The van der Waals surface area contributed by atoms with E-state index >= 15 is 0 Å². The number of amides is 2. The monoisotopic (exact) mass is 398 g/mol. The summed E-state index contributed by atoms with van der Waals surface area (Å²) in [6, 6.07) is 1.25. The molecular formula is C20H38N4O4. The van der Waals surface area contributed by atoms with E-state index in [1.54, 1.807) is 0 Å². The maximum atomic E-state index is 11.7. The van der Waals surface area contributed by atoms with Gasteiger partial charge in [0.05, 0.1) is 0 Å². The summed E-state index contributed by atoms with van der Waals surface area (Å²) in [6.07, 6.45) is 2.98. The molecule has 0 radical (unpaired) electrons. The quantitative estimate of drug-likeness (QED) is 0.366. The summed E-state index contributed by atoms with van der Waals surface area (Å²) >= 11 is 0. The molecule has 6 unspecified atom stereocenters. The molecule has 2 saturated heterocycles. The number of hydrogen-bond acceptors (Lipinski definition) is 6. The summed E-state index contributed by atoms with van der Waals surface area (Å²) in [4.78, 5) is 28.0. The molecule has 6 atom stereocenters. The molecule has 0 aliphatic carbocycles. The first-order valence-electron chi connectivity index (χ1n) is 10.7. The molecule has 2 rings (SSSR count). The predicted octanol–water partition coefficient (Wildman–Crippen LogP) is 2.18. The molecule has 0 aromatic rings. The van der Waals surface area contributed by atoms with Crippen LogP contribution >= 0.6 is 0 Å². The molecule has 2 fully saturated rings. The van der Waals surface area contributed by atoms with Gasteiger partial charge in [0.1, 0.15) is 12.2 Å². The van der Waals surface area contributed by atoms with Gasteiger partial charge in [-0.15, -0.1) is 0 Å². The Bertz CT molecular complexity index is 461. The van der Waals surface area contributed by atoms with Gasteiger partial charge >= 0.3 is 12.2 Å². The van der Waals surface area contributed by atoms with Crippen LogP contribution in [-0.2, 0) is 9.47 Å². The van der Waals surface area contributed by atoms with Gasteiger partial charge in [0, 0.05) is 51.4 Å². The van der Waals surface area contributed by atoms with Crippen molar-refractivity contribution in [2.45, 2.75) is 77.7 Å². The van der Waals surface area contributed by atoms with E-state index < -0.39 is 0 Å². The maximum absolute atomic E-state index is 11.7. The number of nitrogens with zero attached hydrogens (tertiary/aromatic N) is 2. The molecule has 2 aliphatic rings. The number of unbranched alkanes of at least 4 members (excludes halogenated alkanes) is 3. The van der Waals surface area contributed by atoms with Crippen molar-refractivity contribution in [3.05, 3.63) is 0 Å². The number of ether oxygens (including phenoxy) is 2. The van der Waals surface area contributed by atoms with Crippen molar-refractivity contribution in [3.8, 4) is 0 Å². The lowest BCUT2D eigenvalue weighted by atomic mass is 10.2. The molecular weight excluding hydrogens is 360 g/mol. The van der Waals surface area contributed by atoms with E-state index in [1.807, 2.05) is 13.8 Å². The van der Waals surface area contributed by atoms with E-state index in [-0.39, 0.29) is 24.4 Å². The van der Waals surface area contributed by atoms with E-state index in [1.165, 1.54) is 0 Å². The SMILES string of the molecule is CC(CN1CC1C)OC(=O)NCCCCCCNC(=O)OC(C)CN1CC1C. The molecule has 0 saturated carbocycles. The molecule has 2 N–H and O–H groups in total. The molecule has 0 aromatic carbocycles. The average Bonchev–Trinajstić information content (AvgIpc) is 3.49. The fourth-order valence-corrected chi connectivity index (χ4v) is 3.26. The minimum absolute atomic E-state index is 0.0802. The normalized spacial score (nSPS) is 27.4. The minimum Gasteiger partial charge on any atom is -0.445 e. The number of hydrogen-bond donors (Lipinski definition) is 2. The zero-order chi connectivity index (χ0) is 20.5. The van der Waals surface area contributed by atoms with Crippen molar-refractivity contribution in [3.63, 3.8) is 0 Å². The lowest BCUT2D eigenvalue weighted by Crippen LogP contribution is -2.32. The van der Waals surface area contributed by atoms with Crippen LogP contribution in [0.15, 0.2) is 0 Å². The molecule has 2 amide bonds. The highest BCUT2D eigenvalue weighted by atomic mass is 16.6. The van der Waals surface area contributed by atoms with Gasteiger partial charge < -0.3 is 20.1 Å². The van der Waals surface area contributed by atoms with Crippen molar-refractivity contribution in [2.75, 3.05) is 39.3 Å². The van der Waals surface area contributed by atoms with Gasteiger partial charge in [0.25, 0.3) is 0 Å². The zero-order valence-electron chi connectivity index (χ0n) is 17.9. The van der Waals surface area contributed by atoms with Crippen molar-refractivity contribution in [2.24, 2.45) is 0 Å². The summed E-state index contributed by atoms with van der Waals surface area (Å²) in [6.45, 7) is 13.2. The van der Waals surface area contributed by atoms with Crippen LogP contribution in [0.1, 0.15) is 53.4 Å². The van der Waals surface area contributed by atoms with Gasteiger partial charge in [0.15, 0.2) is 0 Å². The second-order valence-corrected chi connectivity index (χ2v) is 8.31. The first kappa shape index (κ1) is 22.7. The topological polar surface area (TPSA) is 82.7 Å². The fraction of sp³-hybridized carbons (Fsp3) is 0.900. The number of carbonyl (C=O) groups excluding carboxylic acids is 2. The molecule has 162 valence electrons. The Labute approximate surface area is 169 Å². The van der Waals surface area contributed by atoms with Gasteiger partial charge in [-0.1, -0.05) is 12.8 Å². The third-order valence-corrected chi connectivity index (χ3v) is 5.22. The third kappa shape index (κ3) is 9.59. The number of alkyl carbamates (subject to hydrolysis) is 2. The summed E-state index contributed by atoms with van der Waals surface area (Å²) in [5.74, 6) is 0. The zero-order valence-corrected chi connectivity index (χ0v) is 17.9. The summed E-state index contributed by atoms with van der Waals surface area (Å²) in [5, 5.41) is 5.60. The highest BCUT2D eigenvalue weighted by molar-refractivity contribution is 5.67. The number of nitrogens with one attached hydrogen (secondary N) is 2. The van der Waals surface area contributed by atoms with Gasteiger partial charge in [-0.05, 0) is 40.5 Å². The van der Waals surface area contributed by atoms with Crippen molar-refractivity contribution < 1.29 is 19.1 Å². The molecule has 28 heavy (non-hydrogen) atoms. The summed E-state index contributed by atoms with van der Waals surface area (Å²) in [7, 11) is 0. The molecule has 2 aliphatic heterocycles. The van der Waals surface area contributed by atoms with E-state index in [4.69, 9.17) is 9.47 Å². The Morgan fingerprint density at radius 1 is 0.821 bits per heavy atom. The third-order valence-electron chi connectivity index (χ3n) is 5.22. The van der Waals surface area contributed by atoms with Crippen LogP contribution in [0.5, 0.6) is 0 Å². The Morgan fingerprint density at radius 2 is 1.18 bits per heavy atom. The van der Waals surface area contributed by atoms with Crippen LogP contribution in [0.3, 0.4) is 0 Å². The van der Waals surface area contributed by atoms with Crippen LogP contribution < -0.4 is 10.6 Å². The lowest BCUT2D eigenvalue weighted by molar-refractivity contribution is 0.0961. The highest BCUT2D eigenvalue weighted by Gasteiger charge is 2.31. The van der Waals surface area contributed by atoms with Crippen molar-refractivity contribution >= 4 is 12.2 Å². The van der Waals surface area contributed by atoms with Gasteiger partial charge in [-0.2, -0.15) is 0 Å². The smallest absolute Gasteiger partial charge is 0.407 e. The minimum atomic E-state index is -0.336. The van der Waals surface area contributed by atoms with Gasteiger partial charge in [0.2, 0.25) is 0 Å². The van der Waals surface area contributed by atoms with E-state index in [0.29, 0.717) is 25.2 Å². The van der Waals surface area contributed by atoms with Crippen LogP contribution in [0.4, 0.5) is 9.59 Å². The Hall–Kier alpha value is -1.54. The summed E-state index contributed by atoms with van der Waals surface area (Å²) in [5.41, 5.74) is 0. The largest absolute Gasteiger partial charge is 0.445 e. The summed E-state index contributed by atoms with van der Waals surface area (Å²) < 4.78 is 10.7. The van der Waals surface area contributed by atoms with E-state index in [2.05, 4.69) is 34.3 Å². The second kappa shape index (κ2) is 11.5. The van der Waals surface area contributed by atoms with Gasteiger partial charge in [-0.3, -0.25) is 9.80 Å². The van der Waals surface area contributed by atoms with Crippen LogP contribution in [0, 0.1) is 0 Å². The van der Waals surface area contributed by atoms with E-state index in [9.17, 15) is 9.59 Å². The van der Waals surface area contributed by atoms with Crippen LogP contribution in [-0.4, -0.2) is 85.5 Å². The average molecular weight is 399 g/mol. The Morgan fingerprint density at radius 3 is 1.50 bits per heavy atom.